The van der Waals surface area contributed by atoms with Crippen molar-refractivity contribution >= 4 is 41.2 Å². The molecule has 1 aliphatic rings. The number of carbonyl (C=O) groups is 2. The Kier molecular flexibility index (Phi) is 6.04. The van der Waals surface area contributed by atoms with Gasteiger partial charge in [0.25, 0.3) is 5.91 Å². The SMILES string of the molecule is CCCN1C(=O)N/C(=C/c2ccccc2OCc2ccc(Cl)cc2Cl)C1=O. The van der Waals surface area contributed by atoms with Crippen LogP contribution >= 0.6 is 23.2 Å². The number of ether oxygens (including phenoxy) is 1. The Labute approximate surface area is 167 Å². The molecule has 0 radical (unpaired) electrons. The van der Waals surface area contributed by atoms with Crippen LogP contribution in [0.4, 0.5) is 4.79 Å². The largest absolute Gasteiger partial charge is 0.488 e. The van der Waals surface area contributed by atoms with Crippen molar-refractivity contribution in [2.45, 2.75) is 20.0 Å². The van der Waals surface area contributed by atoms with Crippen LogP contribution in [0, 0.1) is 0 Å². The second-order valence-corrected chi connectivity index (χ2v) is 6.85. The maximum atomic E-state index is 12.4. The maximum absolute atomic E-state index is 12.4. The molecule has 0 spiro atoms. The predicted molar refractivity (Wildman–Crippen MR) is 106 cm³/mol. The molecule has 0 unspecified atom stereocenters. The van der Waals surface area contributed by atoms with Crippen LogP contribution in [0.15, 0.2) is 48.2 Å². The van der Waals surface area contributed by atoms with Gasteiger partial charge < -0.3 is 10.1 Å². The van der Waals surface area contributed by atoms with Crippen molar-refractivity contribution in [3.63, 3.8) is 0 Å². The zero-order valence-corrected chi connectivity index (χ0v) is 16.2. The number of para-hydroxylation sites is 1. The van der Waals surface area contributed by atoms with Crippen LogP contribution in [0.2, 0.25) is 10.0 Å². The quantitative estimate of drug-likeness (QED) is 0.551. The highest BCUT2D eigenvalue weighted by Crippen LogP contribution is 2.26. The number of rotatable bonds is 6. The molecular formula is C20H18Cl2N2O3. The minimum absolute atomic E-state index is 0.231. The highest BCUT2D eigenvalue weighted by atomic mass is 35.5. The number of nitrogens with one attached hydrogen (secondary N) is 1. The smallest absolute Gasteiger partial charge is 0.329 e. The van der Waals surface area contributed by atoms with Crippen LogP contribution in [-0.4, -0.2) is 23.4 Å². The minimum atomic E-state index is -0.403. The first-order chi connectivity index (χ1) is 13.0. The van der Waals surface area contributed by atoms with E-state index in [-0.39, 0.29) is 18.2 Å². The first kappa shape index (κ1) is 19.3. The van der Waals surface area contributed by atoms with E-state index in [0.717, 1.165) is 5.56 Å². The zero-order chi connectivity index (χ0) is 19.4. The highest BCUT2D eigenvalue weighted by Gasteiger charge is 2.32. The van der Waals surface area contributed by atoms with Gasteiger partial charge in [-0.2, -0.15) is 0 Å². The molecule has 0 bridgehead atoms. The summed E-state index contributed by atoms with van der Waals surface area (Å²) in [7, 11) is 0. The minimum Gasteiger partial charge on any atom is -0.488 e. The molecule has 3 amide bonds. The Bertz CT molecular complexity index is 912. The summed E-state index contributed by atoms with van der Waals surface area (Å²) in [6, 6.07) is 12.1. The molecule has 1 N–H and O–H groups in total. The van der Waals surface area contributed by atoms with Gasteiger partial charge in [-0.25, -0.2) is 4.79 Å². The second-order valence-electron chi connectivity index (χ2n) is 6.01. The Balaban J connectivity index is 1.80. The summed E-state index contributed by atoms with van der Waals surface area (Å²) in [5, 5.41) is 3.69. The van der Waals surface area contributed by atoms with Crippen molar-refractivity contribution in [2.24, 2.45) is 0 Å². The lowest BCUT2D eigenvalue weighted by molar-refractivity contribution is -0.122. The van der Waals surface area contributed by atoms with Crippen LogP contribution in [-0.2, 0) is 11.4 Å². The van der Waals surface area contributed by atoms with E-state index < -0.39 is 6.03 Å². The number of hydrogen-bond donors (Lipinski definition) is 1. The Hall–Kier alpha value is -2.50. The molecule has 3 rings (SSSR count). The normalized spacial score (nSPS) is 15.4. The van der Waals surface area contributed by atoms with Crippen molar-refractivity contribution < 1.29 is 14.3 Å². The van der Waals surface area contributed by atoms with Crippen LogP contribution < -0.4 is 10.1 Å². The van der Waals surface area contributed by atoms with Gasteiger partial charge in [0.1, 0.15) is 18.1 Å². The lowest BCUT2D eigenvalue weighted by Gasteiger charge is -2.11. The molecule has 1 saturated heterocycles. The first-order valence-electron chi connectivity index (χ1n) is 8.50. The van der Waals surface area contributed by atoms with E-state index in [1.165, 1.54) is 4.90 Å². The second kappa shape index (κ2) is 8.46. The third-order valence-electron chi connectivity index (χ3n) is 4.03. The molecule has 2 aromatic rings. The lowest BCUT2D eigenvalue weighted by Crippen LogP contribution is -2.31. The standard InChI is InChI=1S/C20H18Cl2N2O3/c1-2-9-24-19(25)17(23-20(24)26)10-13-5-3-4-6-18(13)27-12-14-7-8-15(21)11-16(14)22/h3-8,10-11H,2,9,12H2,1H3,(H,23,26)/b17-10+. The van der Waals surface area contributed by atoms with E-state index in [9.17, 15) is 9.59 Å². The average molecular weight is 405 g/mol. The summed E-state index contributed by atoms with van der Waals surface area (Å²) in [5.41, 5.74) is 1.71. The van der Waals surface area contributed by atoms with Crippen molar-refractivity contribution in [1.29, 1.82) is 0 Å². The van der Waals surface area contributed by atoms with Crippen molar-refractivity contribution in [1.82, 2.24) is 10.2 Å². The average Bonchev–Trinajstić information content (AvgIpc) is 2.90. The highest BCUT2D eigenvalue weighted by molar-refractivity contribution is 6.35. The van der Waals surface area contributed by atoms with E-state index in [4.69, 9.17) is 27.9 Å². The molecule has 7 heteroatoms. The molecular weight excluding hydrogens is 387 g/mol. The molecule has 27 heavy (non-hydrogen) atoms. The molecule has 2 aromatic carbocycles. The van der Waals surface area contributed by atoms with Crippen molar-refractivity contribution in [3.05, 3.63) is 69.3 Å². The summed E-state index contributed by atoms with van der Waals surface area (Å²) in [6.45, 7) is 2.54. The molecule has 1 heterocycles. The van der Waals surface area contributed by atoms with Crippen LogP contribution in [0.3, 0.4) is 0 Å². The van der Waals surface area contributed by atoms with E-state index in [1.807, 2.05) is 25.1 Å². The molecule has 0 aromatic heterocycles. The molecule has 0 atom stereocenters. The molecule has 0 aliphatic carbocycles. The summed E-state index contributed by atoms with van der Waals surface area (Å²) in [5.74, 6) is 0.240. The van der Waals surface area contributed by atoms with Crippen LogP contribution in [0.5, 0.6) is 5.75 Å². The fourth-order valence-electron chi connectivity index (χ4n) is 2.68. The monoisotopic (exact) mass is 404 g/mol. The van der Waals surface area contributed by atoms with Gasteiger partial charge in [0, 0.05) is 27.7 Å². The number of nitrogens with zero attached hydrogens (tertiary/aromatic N) is 1. The summed E-state index contributed by atoms with van der Waals surface area (Å²) in [6.07, 6.45) is 2.32. The number of imide groups is 1. The Morgan fingerprint density at radius 1 is 1.15 bits per heavy atom. The van der Waals surface area contributed by atoms with Crippen LogP contribution in [0.1, 0.15) is 24.5 Å². The molecule has 0 saturated carbocycles. The summed E-state index contributed by atoms with van der Waals surface area (Å²) < 4.78 is 5.88. The number of benzene rings is 2. The van der Waals surface area contributed by atoms with E-state index in [1.54, 1.807) is 30.3 Å². The Morgan fingerprint density at radius 2 is 1.93 bits per heavy atom. The molecule has 5 nitrogen and oxygen atoms in total. The number of carbonyl (C=O) groups excluding carboxylic acids is 2. The van der Waals surface area contributed by atoms with Gasteiger partial charge in [0.2, 0.25) is 0 Å². The third kappa shape index (κ3) is 4.43. The van der Waals surface area contributed by atoms with Crippen LogP contribution in [0.25, 0.3) is 6.08 Å². The first-order valence-corrected chi connectivity index (χ1v) is 9.25. The van der Waals surface area contributed by atoms with Gasteiger partial charge in [-0.3, -0.25) is 9.69 Å². The third-order valence-corrected chi connectivity index (χ3v) is 4.61. The number of urea groups is 1. The molecule has 140 valence electrons. The fraction of sp³-hybridized carbons (Fsp3) is 0.200. The number of amides is 3. The van der Waals surface area contributed by atoms with Gasteiger partial charge in [0.15, 0.2) is 0 Å². The van der Waals surface area contributed by atoms with E-state index in [2.05, 4.69) is 5.32 Å². The number of hydrogen-bond acceptors (Lipinski definition) is 3. The van der Waals surface area contributed by atoms with Gasteiger partial charge in [-0.05, 0) is 30.7 Å². The maximum Gasteiger partial charge on any atom is 0.329 e. The topological polar surface area (TPSA) is 58.6 Å². The summed E-state index contributed by atoms with van der Waals surface area (Å²) >= 11 is 12.1. The van der Waals surface area contributed by atoms with Crippen molar-refractivity contribution in [2.75, 3.05) is 6.54 Å². The van der Waals surface area contributed by atoms with Crippen molar-refractivity contribution in [3.8, 4) is 5.75 Å². The van der Waals surface area contributed by atoms with E-state index >= 15 is 0 Å². The van der Waals surface area contributed by atoms with Gasteiger partial charge in [0.05, 0.1) is 0 Å². The molecule has 1 fully saturated rings. The Morgan fingerprint density at radius 3 is 2.67 bits per heavy atom. The van der Waals surface area contributed by atoms with E-state index in [0.29, 0.717) is 34.3 Å². The summed E-state index contributed by atoms with van der Waals surface area (Å²) in [4.78, 5) is 25.5. The predicted octanol–water partition coefficient (Wildman–Crippen LogP) is 4.88. The number of halogens is 2. The fourth-order valence-corrected chi connectivity index (χ4v) is 3.14. The van der Waals surface area contributed by atoms with Gasteiger partial charge in [-0.15, -0.1) is 0 Å². The van der Waals surface area contributed by atoms with Gasteiger partial charge >= 0.3 is 6.03 Å². The zero-order valence-electron chi connectivity index (χ0n) is 14.7. The molecule has 1 aliphatic heterocycles. The lowest BCUT2D eigenvalue weighted by atomic mass is 10.1. The van der Waals surface area contributed by atoms with Gasteiger partial charge in [-0.1, -0.05) is 54.4 Å².